The van der Waals surface area contributed by atoms with Gasteiger partial charge in [-0.1, -0.05) is 0 Å². The molecular formula is C68H116N4O51. The third-order valence-electron chi connectivity index (χ3n) is 22.1. The Bertz CT molecular complexity index is 3250. The number of aliphatic hydroxyl groups excluding tert-OH is 29. The van der Waals surface area contributed by atoms with E-state index in [9.17, 15) is 167 Å². The zero-order valence-corrected chi connectivity index (χ0v) is 66.0. The van der Waals surface area contributed by atoms with Gasteiger partial charge in [0.25, 0.3) is 0 Å². The van der Waals surface area contributed by atoms with Crippen LogP contribution in [0.3, 0.4) is 0 Å². The Morgan fingerprint density at radius 3 is 0.829 bits per heavy atom. The van der Waals surface area contributed by atoms with Crippen LogP contribution < -0.4 is 21.3 Å². The maximum Gasteiger partial charge on any atom is 0.217 e. The minimum Gasteiger partial charge on any atom is -0.394 e. The summed E-state index contributed by atoms with van der Waals surface area (Å²) in [7, 11) is 0. The molecule has 4 amide bonds. The van der Waals surface area contributed by atoms with Crippen molar-refractivity contribution in [3.8, 4) is 0 Å². The lowest BCUT2D eigenvalue weighted by molar-refractivity contribution is -0.384. The zero-order valence-electron chi connectivity index (χ0n) is 66.0. The van der Waals surface area contributed by atoms with Gasteiger partial charge in [0, 0.05) is 27.7 Å². The standard InChI is InChI=1S/C68H116N4O51/c1-16(82)69-31-43(96)54(118-64-48(101)45(98)36(89)22(7-75)110-64)27(12-80)113-60(31)107-15-30-42(95)59(123-63-34(72-19(4)85)57(40(93)26(11-79)109-63)121-66-50(103)47(100)38(91)24(9-77)112-66)52(105)68(116-30)119-55-28(13-81)114-61(32(44(55)97)70-17(2)83)106-14-29-41(94)58(51(104)67(115-29)117-53(21(87)6-74)35(88)20(86)5-73)122-62-33(71-18(3)84)56(39(92)25(10-78)108-62)120-65-49(102)46(99)37(90)23(8-76)111-65/h20-68,73-81,86-105H,5-15H2,1-4H3,(H,69,82)(H,70,83)(H,71,84)(H,72,85)/t20-,21+,22+,23+,24+,25+,26+,27+,28+,29+,30+,31+,32+,33+,34+,35+,36-,37-,38-,39+,40+,41-,42-,43+,44+,45-,46-,47-,48+,49+,50+,51+,52+,53+,54+,55+,56+,57+,58-,59-,60+,61+,62-,63-,64-,65-,66-,67-,68-/m0/s1. The average molecular weight is 1810 g/mol. The van der Waals surface area contributed by atoms with Crippen molar-refractivity contribution in [2.24, 2.45) is 0 Å². The van der Waals surface area contributed by atoms with Crippen LogP contribution in [0.15, 0.2) is 0 Å². The molecule has 714 valence electrons. The van der Waals surface area contributed by atoms with Crippen LogP contribution in [0, 0.1) is 0 Å². The van der Waals surface area contributed by atoms with Crippen LogP contribution in [0.2, 0.25) is 0 Å². The molecule has 0 unspecified atom stereocenters. The van der Waals surface area contributed by atoms with Gasteiger partial charge in [-0.25, -0.2) is 0 Å². The number of hydrogen-bond donors (Lipinski definition) is 33. The minimum atomic E-state index is -2.55. The molecule has 123 heavy (non-hydrogen) atoms. The van der Waals surface area contributed by atoms with Gasteiger partial charge in [-0.05, 0) is 0 Å². The van der Waals surface area contributed by atoms with E-state index in [1.807, 2.05) is 0 Å². The fourth-order valence-electron chi connectivity index (χ4n) is 15.5. The monoisotopic (exact) mass is 1800 g/mol. The second kappa shape index (κ2) is 45.7. The summed E-state index contributed by atoms with van der Waals surface area (Å²) in [6, 6.07) is -7.81. The van der Waals surface area contributed by atoms with Crippen molar-refractivity contribution in [2.75, 3.05) is 72.7 Å². The summed E-state index contributed by atoms with van der Waals surface area (Å²) in [5.41, 5.74) is 0. The largest absolute Gasteiger partial charge is 0.394 e. The molecule has 55 heteroatoms. The normalized spacial score (nSPS) is 46.7. The van der Waals surface area contributed by atoms with Crippen LogP contribution in [0.4, 0.5) is 0 Å². The van der Waals surface area contributed by atoms with Gasteiger partial charge in [-0.15, -0.1) is 0 Å². The van der Waals surface area contributed by atoms with E-state index in [1.165, 1.54) is 0 Å². The van der Waals surface area contributed by atoms with Gasteiger partial charge in [0.1, 0.15) is 244 Å². The van der Waals surface area contributed by atoms with Crippen LogP contribution in [0.25, 0.3) is 0 Å². The summed E-state index contributed by atoms with van der Waals surface area (Å²) >= 11 is 0. The molecule has 49 atom stereocenters. The highest BCUT2D eigenvalue weighted by molar-refractivity contribution is 5.74. The number of hydrogen-bond acceptors (Lipinski definition) is 51. The molecule has 9 aliphatic heterocycles. The Hall–Kier alpha value is -4.00. The van der Waals surface area contributed by atoms with E-state index in [-0.39, 0.29) is 0 Å². The topological polar surface area (TPSA) is 869 Å². The van der Waals surface area contributed by atoms with Gasteiger partial charge in [0.15, 0.2) is 56.6 Å². The summed E-state index contributed by atoms with van der Waals surface area (Å²) in [4.78, 5) is 52.4. The maximum atomic E-state index is 13.3. The fourth-order valence-corrected chi connectivity index (χ4v) is 15.5. The number of aliphatic hydroxyl groups is 29. The molecule has 9 fully saturated rings. The lowest BCUT2D eigenvalue weighted by atomic mass is 9.93. The zero-order chi connectivity index (χ0) is 90.9. The molecule has 33 N–H and O–H groups in total. The second-order valence-corrected chi connectivity index (χ2v) is 30.8. The first-order valence-corrected chi connectivity index (χ1v) is 39.1. The van der Waals surface area contributed by atoms with Gasteiger partial charge < -0.3 is 255 Å². The van der Waals surface area contributed by atoms with Crippen molar-refractivity contribution >= 4 is 23.6 Å². The van der Waals surface area contributed by atoms with Gasteiger partial charge in [-0.2, -0.15) is 0 Å². The van der Waals surface area contributed by atoms with Gasteiger partial charge in [0.05, 0.1) is 72.7 Å². The van der Waals surface area contributed by atoms with Crippen molar-refractivity contribution in [3.63, 3.8) is 0 Å². The maximum absolute atomic E-state index is 13.3. The predicted molar refractivity (Wildman–Crippen MR) is 378 cm³/mol. The van der Waals surface area contributed by atoms with Gasteiger partial charge in [-0.3, -0.25) is 19.2 Å². The van der Waals surface area contributed by atoms with Gasteiger partial charge in [0.2, 0.25) is 23.6 Å². The quantitative estimate of drug-likeness (QED) is 0.0277. The highest BCUT2D eigenvalue weighted by Crippen LogP contribution is 2.40. The van der Waals surface area contributed by atoms with Crippen LogP contribution in [-0.2, 0) is 104 Å². The van der Waals surface area contributed by atoms with Crippen molar-refractivity contribution in [1.82, 2.24) is 21.3 Å². The number of rotatable bonds is 36. The first kappa shape index (κ1) is 103. The number of nitrogens with one attached hydrogen (secondary N) is 4. The van der Waals surface area contributed by atoms with E-state index in [4.69, 9.17) is 85.3 Å². The Labute approximate surface area is 696 Å². The molecule has 0 aliphatic carbocycles. The summed E-state index contributed by atoms with van der Waals surface area (Å²) in [6.45, 7) is -8.80. The molecule has 0 radical (unpaired) electrons. The fraction of sp³-hybridized carbons (Fsp3) is 0.941. The Morgan fingerprint density at radius 1 is 0.260 bits per heavy atom. The molecule has 9 aliphatic rings. The molecule has 0 aromatic rings. The Kier molecular flexibility index (Phi) is 38.2. The van der Waals surface area contributed by atoms with Gasteiger partial charge >= 0.3 is 0 Å². The van der Waals surface area contributed by atoms with E-state index >= 15 is 0 Å². The smallest absolute Gasteiger partial charge is 0.217 e. The molecule has 9 saturated heterocycles. The summed E-state index contributed by atoms with van der Waals surface area (Å²) in [6.07, 6.45) is -95.5. The van der Waals surface area contributed by atoms with E-state index in [0.717, 1.165) is 27.7 Å². The van der Waals surface area contributed by atoms with E-state index < -0.39 is 397 Å². The Balaban J connectivity index is 1.04. The van der Waals surface area contributed by atoms with Crippen LogP contribution in [0.5, 0.6) is 0 Å². The van der Waals surface area contributed by atoms with Crippen molar-refractivity contribution in [1.29, 1.82) is 0 Å². The summed E-state index contributed by atoms with van der Waals surface area (Å²) < 4.78 is 107. The van der Waals surface area contributed by atoms with Crippen molar-refractivity contribution in [2.45, 2.75) is 328 Å². The van der Waals surface area contributed by atoms with E-state index in [1.54, 1.807) is 0 Å². The number of amides is 4. The third kappa shape index (κ3) is 23.5. The first-order chi connectivity index (χ1) is 58.2. The molecule has 9 rings (SSSR count). The van der Waals surface area contributed by atoms with Crippen LogP contribution in [-0.4, -0.2) is 545 Å². The first-order valence-electron chi connectivity index (χ1n) is 39.1. The molecule has 0 aromatic carbocycles. The predicted octanol–water partition coefficient (Wildman–Crippen LogP) is -22.6. The SMILES string of the molecule is CC(=O)N[C@H]1[C@H](OC[C@H]2O[C@@H](O[C@H]3[C@H](O)[C@@H](NC(C)=O)[C@H](OC[C@H]4O[C@@H](O[C@@H]([C@H](O)[C@@H](O)CO)[C@H](O)CO)[C@H](O)[C@@H](O[C@@H]5O[C@H](CO)[C@@H](O)[C@H](O[C@@H]6O[C@H](CO)[C@H](O)[C@H](O)[C@H]6O)[C@H]5NC(C)=O)[C@H]4O)O[C@@H]3CO)[C@H](O)[C@@H](O[C@@H]3O[C@H](CO)[C@@H](O)[C@H](O[C@@H]4O[C@H](CO)[C@H](O)[C@H](O)[C@H]4O)[C@H]3NC(C)=O)[C@H]2O)O[C@H](CO)[C@@H](O[C@@H]2O[C@H](CO)[C@H](O)[C@H](O)[C@H]2O)[C@@H]1O. The minimum absolute atomic E-state index is 0.892. The third-order valence-corrected chi connectivity index (χ3v) is 22.1. The highest BCUT2D eigenvalue weighted by Gasteiger charge is 2.61. The molecule has 0 aromatic heterocycles. The van der Waals surface area contributed by atoms with Crippen LogP contribution >= 0.6 is 0 Å². The average Bonchev–Trinajstić information content (AvgIpc) is 0.766. The molecule has 0 saturated carbocycles. The van der Waals surface area contributed by atoms with Crippen molar-refractivity contribution in [3.05, 3.63) is 0 Å². The summed E-state index contributed by atoms with van der Waals surface area (Å²) in [5, 5.41) is 329. The lowest BCUT2D eigenvalue weighted by Gasteiger charge is -2.51. The van der Waals surface area contributed by atoms with Crippen molar-refractivity contribution < 1.29 is 253 Å². The highest BCUT2D eigenvalue weighted by atomic mass is 16.8. The van der Waals surface area contributed by atoms with E-state index in [0.29, 0.717) is 0 Å². The summed E-state index contributed by atoms with van der Waals surface area (Å²) in [5.74, 6) is -3.91. The van der Waals surface area contributed by atoms with Crippen LogP contribution in [0.1, 0.15) is 27.7 Å². The molecule has 9 heterocycles. The molecule has 0 bridgehead atoms. The Morgan fingerprint density at radius 2 is 0.512 bits per heavy atom. The second-order valence-electron chi connectivity index (χ2n) is 30.8. The molecule has 0 spiro atoms. The van der Waals surface area contributed by atoms with E-state index in [2.05, 4.69) is 21.3 Å². The molecule has 55 nitrogen and oxygen atoms in total. The number of ether oxygens (including phenoxy) is 18. The number of carbonyl (C=O) groups excluding carboxylic acids is 4. The number of carbonyl (C=O) groups is 4. The lowest BCUT2D eigenvalue weighted by Crippen LogP contribution is -2.71. The molecular weight excluding hydrogens is 1690 g/mol.